The second kappa shape index (κ2) is 10.6. The summed E-state index contributed by atoms with van der Waals surface area (Å²) in [5.74, 6) is 0.741. The Bertz CT molecular complexity index is 1620. The summed E-state index contributed by atoms with van der Waals surface area (Å²) in [7, 11) is 0. The number of hydrogen-bond donors (Lipinski definition) is 2. The topological polar surface area (TPSA) is 105 Å². The average Bonchev–Trinajstić information content (AvgIpc) is 3.60. The lowest BCUT2D eigenvalue weighted by molar-refractivity contribution is 0.0865. The van der Waals surface area contributed by atoms with Crippen LogP contribution in [0.2, 0.25) is 5.02 Å². The molecule has 4 saturated heterocycles. The van der Waals surface area contributed by atoms with Crippen molar-refractivity contribution in [3.05, 3.63) is 52.7 Å². The fraction of sp³-hybridized carbons (Fsp3) is 0.531. The lowest BCUT2D eigenvalue weighted by atomic mass is 9.95. The van der Waals surface area contributed by atoms with E-state index in [4.69, 9.17) is 26.3 Å². The van der Waals surface area contributed by atoms with Crippen LogP contribution in [0.3, 0.4) is 0 Å². The molecule has 232 valence electrons. The summed E-state index contributed by atoms with van der Waals surface area (Å²) in [5, 5.41) is 23.3. The first kappa shape index (κ1) is 28.1. The summed E-state index contributed by atoms with van der Waals surface area (Å²) < 4.78 is 20.8. The van der Waals surface area contributed by atoms with Crippen molar-refractivity contribution in [2.75, 3.05) is 49.1 Å². The van der Waals surface area contributed by atoms with Crippen molar-refractivity contribution >= 4 is 40.0 Å². The number of rotatable bonds is 5. The van der Waals surface area contributed by atoms with Crippen LogP contribution in [-0.4, -0.2) is 105 Å². The van der Waals surface area contributed by atoms with E-state index in [1.165, 1.54) is 4.90 Å². The van der Waals surface area contributed by atoms with Gasteiger partial charge in [-0.05, 0) is 49.7 Å². The molecule has 0 spiro atoms. The Morgan fingerprint density at radius 2 is 1.95 bits per heavy atom. The molecule has 44 heavy (non-hydrogen) atoms. The zero-order valence-electron chi connectivity index (χ0n) is 24.4. The number of aliphatic hydroxyl groups excluding tert-OH is 1. The maximum absolute atomic E-state index is 14.5. The molecule has 1 amide bonds. The van der Waals surface area contributed by atoms with E-state index >= 15 is 0 Å². The van der Waals surface area contributed by atoms with Crippen LogP contribution in [0.5, 0.6) is 6.01 Å². The van der Waals surface area contributed by atoms with E-state index in [1.807, 2.05) is 18.2 Å². The monoisotopic (exact) mass is 622 g/mol. The molecular formula is C32H36ClFN6O4. The van der Waals surface area contributed by atoms with E-state index in [9.17, 15) is 19.4 Å². The second-order valence-electron chi connectivity index (χ2n) is 13.0. The molecule has 2 aromatic carbocycles. The van der Waals surface area contributed by atoms with Gasteiger partial charge in [0.2, 0.25) is 0 Å². The molecule has 12 heteroatoms. The molecule has 0 saturated carbocycles. The summed E-state index contributed by atoms with van der Waals surface area (Å²) in [5.41, 5.74) is 2.58. The number of aliphatic hydroxyl groups is 1. The van der Waals surface area contributed by atoms with Crippen LogP contribution in [0.15, 0.2) is 36.4 Å². The standard InChI is InChI=1S/C32H36ClFN6O4/c33-23-6-1-4-19-5-2-7-25(28(19)23)37-11-8-22-24(16-37)35-30(44-18-32-9-3-10-39(32)14-20(34)13-32)36-29(22)38-15-21-12-27(41)26(17-38)40(21)31(42)43/h1-2,4-7,20-21,26-27,41H,3,8-18H2,(H,42,43). The third-order valence-electron chi connectivity index (χ3n) is 10.5. The highest BCUT2D eigenvalue weighted by molar-refractivity contribution is 6.36. The molecule has 2 bridgehead atoms. The van der Waals surface area contributed by atoms with Crippen molar-refractivity contribution in [1.29, 1.82) is 0 Å². The number of ether oxygens (including phenoxy) is 1. The minimum Gasteiger partial charge on any atom is -0.465 e. The van der Waals surface area contributed by atoms with Crippen molar-refractivity contribution in [1.82, 2.24) is 19.8 Å². The van der Waals surface area contributed by atoms with E-state index in [0.29, 0.717) is 57.1 Å². The largest absolute Gasteiger partial charge is 0.465 e. The molecule has 2 N–H and O–H groups in total. The second-order valence-corrected chi connectivity index (χ2v) is 13.4. The number of aromatic nitrogens is 2. The number of hydrogen-bond acceptors (Lipinski definition) is 8. The van der Waals surface area contributed by atoms with Crippen molar-refractivity contribution in [2.45, 2.75) is 68.5 Å². The molecule has 1 aromatic heterocycles. The van der Waals surface area contributed by atoms with Gasteiger partial charge < -0.3 is 24.7 Å². The molecule has 5 unspecified atom stereocenters. The van der Waals surface area contributed by atoms with Crippen LogP contribution in [0.4, 0.5) is 20.7 Å². The maximum atomic E-state index is 14.5. The van der Waals surface area contributed by atoms with E-state index in [0.717, 1.165) is 59.5 Å². The fourth-order valence-electron chi connectivity index (χ4n) is 8.51. The third kappa shape index (κ3) is 4.54. The summed E-state index contributed by atoms with van der Waals surface area (Å²) in [4.78, 5) is 29.9. The molecule has 3 aromatic rings. The Morgan fingerprint density at radius 3 is 2.77 bits per heavy atom. The minimum atomic E-state index is -1.00. The summed E-state index contributed by atoms with van der Waals surface area (Å²) in [6.45, 7) is 3.69. The predicted molar refractivity (Wildman–Crippen MR) is 165 cm³/mol. The molecule has 8 rings (SSSR count). The Morgan fingerprint density at radius 1 is 1.11 bits per heavy atom. The quantitative estimate of drug-likeness (QED) is 0.435. The highest BCUT2D eigenvalue weighted by Gasteiger charge is 2.50. The number of halogens is 2. The third-order valence-corrected chi connectivity index (χ3v) is 10.8. The summed E-state index contributed by atoms with van der Waals surface area (Å²) >= 11 is 6.69. The fourth-order valence-corrected chi connectivity index (χ4v) is 8.79. The summed E-state index contributed by atoms with van der Waals surface area (Å²) in [6.07, 6.45) is 0.882. The number of fused-ring (bicyclic) bond motifs is 5. The van der Waals surface area contributed by atoms with Crippen molar-refractivity contribution < 1.29 is 24.1 Å². The van der Waals surface area contributed by atoms with Crippen molar-refractivity contribution in [2.24, 2.45) is 0 Å². The molecular weight excluding hydrogens is 587 g/mol. The zero-order valence-corrected chi connectivity index (χ0v) is 25.2. The Balaban J connectivity index is 1.15. The van der Waals surface area contributed by atoms with Gasteiger partial charge >= 0.3 is 12.1 Å². The van der Waals surface area contributed by atoms with Gasteiger partial charge in [-0.15, -0.1) is 0 Å². The van der Waals surface area contributed by atoms with Crippen molar-refractivity contribution in [3.63, 3.8) is 0 Å². The van der Waals surface area contributed by atoms with Crippen LogP contribution < -0.4 is 14.5 Å². The molecule has 10 nitrogen and oxygen atoms in total. The van der Waals surface area contributed by atoms with Gasteiger partial charge in [0.15, 0.2) is 0 Å². The van der Waals surface area contributed by atoms with E-state index in [-0.39, 0.29) is 17.6 Å². The molecule has 5 aliphatic heterocycles. The number of piperazine rings is 1. The number of alkyl halides is 1. The number of nitrogens with zero attached hydrogens (tertiary/aromatic N) is 6. The molecule has 0 radical (unpaired) electrons. The number of carboxylic acid groups (broad SMARTS) is 1. The molecule has 5 aliphatic rings. The average molecular weight is 623 g/mol. The van der Waals surface area contributed by atoms with Crippen LogP contribution >= 0.6 is 11.6 Å². The summed E-state index contributed by atoms with van der Waals surface area (Å²) in [6, 6.07) is 11.5. The Labute approximate surface area is 260 Å². The van der Waals surface area contributed by atoms with Gasteiger partial charge in [0, 0.05) is 49.2 Å². The van der Waals surface area contributed by atoms with Crippen molar-refractivity contribution in [3.8, 4) is 6.01 Å². The van der Waals surface area contributed by atoms with Gasteiger partial charge in [-0.2, -0.15) is 9.97 Å². The lowest BCUT2D eigenvalue weighted by Gasteiger charge is -2.41. The molecule has 4 fully saturated rings. The van der Waals surface area contributed by atoms with Crippen LogP contribution in [0.1, 0.15) is 36.9 Å². The number of amides is 1. The van der Waals surface area contributed by atoms with Crippen LogP contribution in [0.25, 0.3) is 10.8 Å². The maximum Gasteiger partial charge on any atom is 0.408 e. The molecule has 6 heterocycles. The van der Waals surface area contributed by atoms with E-state index < -0.39 is 24.4 Å². The Hall–Kier alpha value is -3.41. The normalized spacial score (nSPS) is 29.8. The number of carbonyl (C=O) groups is 1. The smallest absolute Gasteiger partial charge is 0.408 e. The van der Waals surface area contributed by atoms with Gasteiger partial charge in [0.25, 0.3) is 0 Å². The molecule has 5 atom stereocenters. The highest BCUT2D eigenvalue weighted by Crippen LogP contribution is 2.42. The van der Waals surface area contributed by atoms with Gasteiger partial charge in [-0.3, -0.25) is 9.80 Å². The first-order valence-corrected chi connectivity index (χ1v) is 16.0. The van der Waals surface area contributed by atoms with Gasteiger partial charge in [-0.25, -0.2) is 9.18 Å². The SMILES string of the molecule is O=C(O)N1C2CC(O)C1CN(c1nc(OCC34CCCN3CC(F)C4)nc3c1CCN(c1cccc4cccc(Cl)c14)C3)C2. The Kier molecular flexibility index (Phi) is 6.77. The first-order valence-electron chi connectivity index (χ1n) is 15.6. The van der Waals surface area contributed by atoms with Gasteiger partial charge in [0.1, 0.15) is 18.6 Å². The minimum absolute atomic E-state index is 0.258. The van der Waals surface area contributed by atoms with Crippen LogP contribution in [0, 0.1) is 0 Å². The van der Waals surface area contributed by atoms with Gasteiger partial charge in [0.05, 0.1) is 41.0 Å². The predicted octanol–water partition coefficient (Wildman–Crippen LogP) is 4.10. The zero-order chi connectivity index (χ0) is 30.2. The first-order chi connectivity index (χ1) is 21.3. The van der Waals surface area contributed by atoms with Gasteiger partial charge in [-0.1, -0.05) is 35.9 Å². The highest BCUT2D eigenvalue weighted by atomic mass is 35.5. The van der Waals surface area contributed by atoms with Crippen LogP contribution in [-0.2, 0) is 13.0 Å². The molecule has 0 aliphatic carbocycles. The van der Waals surface area contributed by atoms with E-state index in [2.05, 4.69) is 32.9 Å². The number of anilines is 2. The van der Waals surface area contributed by atoms with E-state index in [1.54, 1.807) is 0 Å². The lowest BCUT2D eigenvalue weighted by Crippen LogP contribution is -2.57. The number of benzene rings is 2.